The molecule has 0 radical (unpaired) electrons. The SMILES string of the molecule is NC(=O)COc1ccc(-c2noc(Cn3ccc([N+](=O)[O-])n3)n2)cc1. The molecular weight excluding hydrogens is 332 g/mol. The summed E-state index contributed by atoms with van der Waals surface area (Å²) in [7, 11) is 0. The molecule has 0 unspecified atom stereocenters. The first-order chi connectivity index (χ1) is 12.0. The normalized spacial score (nSPS) is 10.6. The molecule has 0 spiro atoms. The van der Waals surface area contributed by atoms with Crippen molar-refractivity contribution in [2.75, 3.05) is 6.61 Å². The van der Waals surface area contributed by atoms with E-state index in [-0.39, 0.29) is 24.9 Å². The van der Waals surface area contributed by atoms with Gasteiger partial charge < -0.3 is 25.1 Å². The fourth-order valence-corrected chi connectivity index (χ4v) is 1.97. The van der Waals surface area contributed by atoms with Gasteiger partial charge in [0.1, 0.15) is 12.3 Å². The number of primary amides is 1. The molecule has 0 bridgehead atoms. The number of nitrogens with two attached hydrogens (primary N) is 1. The number of aromatic nitrogens is 4. The number of benzene rings is 1. The van der Waals surface area contributed by atoms with Crippen LogP contribution in [0.15, 0.2) is 41.1 Å². The van der Waals surface area contributed by atoms with Crippen molar-refractivity contribution < 1.29 is 19.0 Å². The summed E-state index contributed by atoms with van der Waals surface area (Å²) >= 11 is 0. The van der Waals surface area contributed by atoms with Crippen LogP contribution >= 0.6 is 0 Å². The van der Waals surface area contributed by atoms with Crippen molar-refractivity contribution in [3.8, 4) is 17.1 Å². The van der Waals surface area contributed by atoms with E-state index in [1.807, 2.05) is 0 Å². The van der Waals surface area contributed by atoms with Crippen LogP contribution in [0.25, 0.3) is 11.4 Å². The van der Waals surface area contributed by atoms with Crippen LogP contribution in [-0.2, 0) is 11.3 Å². The number of hydrogen-bond donors (Lipinski definition) is 1. The van der Waals surface area contributed by atoms with Crippen LogP contribution in [0, 0.1) is 10.1 Å². The zero-order chi connectivity index (χ0) is 17.8. The average Bonchev–Trinajstić information content (AvgIpc) is 3.23. The second-order valence-corrected chi connectivity index (χ2v) is 4.92. The van der Waals surface area contributed by atoms with E-state index in [2.05, 4.69) is 15.2 Å². The molecule has 0 fully saturated rings. The maximum Gasteiger partial charge on any atom is 0.389 e. The lowest BCUT2D eigenvalue weighted by atomic mass is 10.2. The molecule has 2 N–H and O–H groups in total. The molecule has 1 aromatic carbocycles. The van der Waals surface area contributed by atoms with Crippen molar-refractivity contribution in [1.82, 2.24) is 19.9 Å². The van der Waals surface area contributed by atoms with Gasteiger partial charge in [-0.25, -0.2) is 0 Å². The molecule has 0 aliphatic rings. The van der Waals surface area contributed by atoms with Crippen molar-refractivity contribution in [3.05, 3.63) is 52.5 Å². The van der Waals surface area contributed by atoms with Crippen molar-refractivity contribution in [3.63, 3.8) is 0 Å². The standard InChI is InChI=1S/C14H12N6O5/c15-11(21)8-24-10-3-1-9(2-4-10)14-16-13(25-18-14)7-19-6-5-12(17-19)20(22)23/h1-6H,7-8H2,(H2,15,21). The fourth-order valence-electron chi connectivity index (χ4n) is 1.97. The summed E-state index contributed by atoms with van der Waals surface area (Å²) in [5, 5.41) is 18.2. The number of hydrogen-bond acceptors (Lipinski definition) is 8. The number of carbonyl (C=O) groups excluding carboxylic acids is 1. The number of nitro groups is 1. The Balaban J connectivity index is 1.68. The first kappa shape index (κ1) is 16.1. The first-order valence-electron chi connectivity index (χ1n) is 7.03. The topological polar surface area (TPSA) is 152 Å². The molecule has 128 valence electrons. The molecule has 0 saturated heterocycles. The second-order valence-electron chi connectivity index (χ2n) is 4.92. The van der Waals surface area contributed by atoms with Gasteiger partial charge in [-0.2, -0.15) is 9.67 Å². The summed E-state index contributed by atoms with van der Waals surface area (Å²) in [5.41, 5.74) is 5.68. The van der Waals surface area contributed by atoms with E-state index in [0.29, 0.717) is 17.1 Å². The van der Waals surface area contributed by atoms with Crippen LogP contribution < -0.4 is 10.5 Å². The maximum atomic E-state index is 10.7. The highest BCUT2D eigenvalue weighted by Gasteiger charge is 2.15. The van der Waals surface area contributed by atoms with E-state index in [4.69, 9.17) is 15.0 Å². The molecule has 0 atom stereocenters. The second kappa shape index (κ2) is 6.78. The monoisotopic (exact) mass is 344 g/mol. The van der Waals surface area contributed by atoms with Gasteiger partial charge in [-0.05, 0) is 29.2 Å². The molecule has 0 aliphatic heterocycles. The Morgan fingerprint density at radius 3 is 2.72 bits per heavy atom. The molecule has 2 heterocycles. The third-order valence-corrected chi connectivity index (χ3v) is 3.07. The minimum absolute atomic E-state index is 0.112. The zero-order valence-corrected chi connectivity index (χ0v) is 12.7. The molecular formula is C14H12N6O5. The Hall–Kier alpha value is -3.76. The van der Waals surface area contributed by atoms with Gasteiger partial charge in [0.25, 0.3) is 11.8 Å². The Morgan fingerprint density at radius 1 is 1.32 bits per heavy atom. The van der Waals surface area contributed by atoms with Gasteiger partial charge in [0.05, 0.1) is 17.4 Å². The number of nitrogens with zero attached hydrogens (tertiary/aromatic N) is 5. The predicted molar refractivity (Wildman–Crippen MR) is 82.4 cm³/mol. The average molecular weight is 344 g/mol. The summed E-state index contributed by atoms with van der Waals surface area (Å²) < 4.78 is 11.6. The molecule has 0 aliphatic carbocycles. The van der Waals surface area contributed by atoms with Crippen LogP contribution in [-0.4, -0.2) is 37.4 Å². The zero-order valence-electron chi connectivity index (χ0n) is 12.7. The number of amides is 1. The Morgan fingerprint density at radius 2 is 2.08 bits per heavy atom. The lowest BCUT2D eigenvalue weighted by Gasteiger charge is -2.03. The number of rotatable bonds is 7. The summed E-state index contributed by atoms with van der Waals surface area (Å²) in [5.74, 6) is 0.257. The molecule has 11 nitrogen and oxygen atoms in total. The molecule has 11 heteroatoms. The predicted octanol–water partition coefficient (Wildman–Crippen LogP) is 0.754. The molecule has 25 heavy (non-hydrogen) atoms. The van der Waals surface area contributed by atoms with Crippen molar-refractivity contribution >= 4 is 11.7 Å². The van der Waals surface area contributed by atoms with E-state index < -0.39 is 10.8 Å². The van der Waals surface area contributed by atoms with E-state index in [1.165, 1.54) is 16.9 Å². The Bertz CT molecular complexity index is 901. The van der Waals surface area contributed by atoms with Crippen molar-refractivity contribution in [2.45, 2.75) is 6.54 Å². The highest BCUT2D eigenvalue weighted by atomic mass is 16.6. The highest BCUT2D eigenvalue weighted by molar-refractivity contribution is 5.75. The van der Waals surface area contributed by atoms with Crippen molar-refractivity contribution in [2.24, 2.45) is 5.73 Å². The minimum Gasteiger partial charge on any atom is -0.484 e. The van der Waals surface area contributed by atoms with Gasteiger partial charge in [0, 0.05) is 5.56 Å². The van der Waals surface area contributed by atoms with Gasteiger partial charge in [-0.15, -0.1) is 0 Å². The van der Waals surface area contributed by atoms with Gasteiger partial charge in [0.2, 0.25) is 5.82 Å². The van der Waals surface area contributed by atoms with Crippen LogP contribution in [0.1, 0.15) is 5.89 Å². The number of ether oxygens (including phenoxy) is 1. The Kier molecular flexibility index (Phi) is 4.37. The lowest BCUT2D eigenvalue weighted by molar-refractivity contribution is -0.389. The summed E-state index contributed by atoms with van der Waals surface area (Å²) in [4.78, 5) is 24.9. The maximum absolute atomic E-state index is 10.7. The summed E-state index contributed by atoms with van der Waals surface area (Å²) in [6.07, 6.45) is 1.45. The molecule has 2 aromatic heterocycles. The molecule has 3 aromatic rings. The lowest BCUT2D eigenvalue weighted by Crippen LogP contribution is -2.19. The van der Waals surface area contributed by atoms with Gasteiger partial charge in [0.15, 0.2) is 6.61 Å². The van der Waals surface area contributed by atoms with Gasteiger partial charge >= 0.3 is 5.82 Å². The largest absolute Gasteiger partial charge is 0.484 e. The van der Waals surface area contributed by atoms with Crippen molar-refractivity contribution in [1.29, 1.82) is 0 Å². The molecule has 0 saturated carbocycles. The Labute approximate surface area is 140 Å². The third-order valence-electron chi connectivity index (χ3n) is 3.07. The van der Waals surface area contributed by atoms with Crippen LogP contribution in [0.5, 0.6) is 5.75 Å². The van der Waals surface area contributed by atoms with E-state index in [9.17, 15) is 14.9 Å². The highest BCUT2D eigenvalue weighted by Crippen LogP contribution is 2.20. The van der Waals surface area contributed by atoms with E-state index in [1.54, 1.807) is 24.3 Å². The summed E-state index contributed by atoms with van der Waals surface area (Å²) in [6, 6.07) is 7.96. The smallest absolute Gasteiger partial charge is 0.389 e. The van der Waals surface area contributed by atoms with E-state index in [0.717, 1.165) is 0 Å². The molecule has 1 amide bonds. The van der Waals surface area contributed by atoms with Gasteiger partial charge in [-0.3, -0.25) is 4.79 Å². The van der Waals surface area contributed by atoms with E-state index >= 15 is 0 Å². The third kappa shape index (κ3) is 3.96. The van der Waals surface area contributed by atoms with Crippen LogP contribution in [0.2, 0.25) is 0 Å². The first-order valence-corrected chi connectivity index (χ1v) is 7.03. The van der Waals surface area contributed by atoms with Gasteiger partial charge in [-0.1, -0.05) is 5.16 Å². The van der Waals surface area contributed by atoms with Crippen LogP contribution in [0.4, 0.5) is 5.82 Å². The quantitative estimate of drug-likeness (QED) is 0.487. The summed E-state index contributed by atoms with van der Waals surface area (Å²) in [6.45, 7) is -0.0949. The molecule has 3 rings (SSSR count). The fraction of sp³-hybridized carbons (Fsp3) is 0.143. The van der Waals surface area contributed by atoms with Crippen LogP contribution in [0.3, 0.4) is 0 Å². The minimum atomic E-state index is -0.586. The number of carbonyl (C=O) groups is 1.